The number of thioether (sulfide) groups is 1. The van der Waals surface area contributed by atoms with Crippen molar-refractivity contribution in [2.45, 2.75) is 50.0 Å². The molecule has 0 unspecified atom stereocenters. The zero-order valence-electron chi connectivity index (χ0n) is 11.9. The number of benzene rings is 1. The molecule has 0 spiro atoms. The third-order valence-corrected chi connectivity index (χ3v) is 5.13. The van der Waals surface area contributed by atoms with E-state index in [0.29, 0.717) is 12.2 Å². The lowest BCUT2D eigenvalue weighted by molar-refractivity contribution is -0.384. The van der Waals surface area contributed by atoms with Gasteiger partial charge < -0.3 is 5.32 Å². The minimum Gasteiger partial charge on any atom is -0.380 e. The molecule has 1 aromatic carbocycles. The first-order chi connectivity index (χ1) is 9.72. The SMILES string of the molecule is CCNc1c(CSC2CCCCC2)cccc1[N+](=O)[O-]. The Morgan fingerprint density at radius 1 is 1.35 bits per heavy atom. The Hall–Kier alpha value is -1.23. The molecule has 1 N–H and O–H groups in total. The first-order valence-electron chi connectivity index (χ1n) is 7.34. The maximum absolute atomic E-state index is 11.1. The monoisotopic (exact) mass is 294 g/mol. The Morgan fingerprint density at radius 2 is 2.10 bits per heavy atom. The van der Waals surface area contributed by atoms with E-state index in [0.717, 1.165) is 16.6 Å². The van der Waals surface area contributed by atoms with E-state index in [-0.39, 0.29) is 10.6 Å². The Bertz CT molecular complexity index is 459. The van der Waals surface area contributed by atoms with Gasteiger partial charge in [-0.15, -0.1) is 0 Å². The van der Waals surface area contributed by atoms with Gasteiger partial charge in [0, 0.05) is 23.6 Å². The van der Waals surface area contributed by atoms with E-state index in [1.54, 1.807) is 12.1 Å². The highest BCUT2D eigenvalue weighted by atomic mass is 32.2. The molecule has 0 aromatic heterocycles. The second kappa shape index (κ2) is 7.53. The van der Waals surface area contributed by atoms with Crippen LogP contribution in [0.25, 0.3) is 0 Å². The van der Waals surface area contributed by atoms with Crippen LogP contribution in [-0.2, 0) is 5.75 Å². The highest BCUT2D eigenvalue weighted by Crippen LogP contribution is 2.35. The fourth-order valence-electron chi connectivity index (χ4n) is 2.68. The average molecular weight is 294 g/mol. The predicted octanol–water partition coefficient (Wildman–Crippen LogP) is 4.59. The number of nitrogens with zero attached hydrogens (tertiary/aromatic N) is 1. The van der Waals surface area contributed by atoms with Gasteiger partial charge in [-0.25, -0.2) is 0 Å². The summed E-state index contributed by atoms with van der Waals surface area (Å²) in [6.45, 7) is 2.67. The maximum atomic E-state index is 11.1. The number of anilines is 1. The van der Waals surface area contributed by atoms with Crippen molar-refractivity contribution in [3.8, 4) is 0 Å². The summed E-state index contributed by atoms with van der Waals surface area (Å²) in [5.74, 6) is 0.856. The van der Waals surface area contributed by atoms with E-state index in [1.807, 2.05) is 24.8 Å². The second-order valence-corrected chi connectivity index (χ2v) is 6.46. The Labute approximate surface area is 124 Å². The molecule has 4 nitrogen and oxygen atoms in total. The molecule has 1 aromatic rings. The molecule has 1 saturated carbocycles. The topological polar surface area (TPSA) is 55.2 Å². The smallest absolute Gasteiger partial charge is 0.292 e. The minimum atomic E-state index is -0.299. The number of nitrogens with one attached hydrogen (secondary N) is 1. The molecule has 1 aliphatic rings. The van der Waals surface area contributed by atoms with Crippen LogP contribution in [0.2, 0.25) is 0 Å². The molecule has 5 heteroatoms. The Kier molecular flexibility index (Phi) is 5.71. The van der Waals surface area contributed by atoms with Crippen LogP contribution in [-0.4, -0.2) is 16.7 Å². The highest BCUT2D eigenvalue weighted by Gasteiger charge is 2.19. The van der Waals surface area contributed by atoms with E-state index in [2.05, 4.69) is 5.32 Å². The van der Waals surface area contributed by atoms with Crippen LogP contribution in [0.15, 0.2) is 18.2 Å². The maximum Gasteiger partial charge on any atom is 0.292 e. The number of rotatable bonds is 6. The summed E-state index contributed by atoms with van der Waals surface area (Å²) < 4.78 is 0. The third kappa shape index (κ3) is 3.88. The lowest BCUT2D eigenvalue weighted by Crippen LogP contribution is -2.09. The number of nitro benzene ring substituents is 1. The number of hydrogen-bond donors (Lipinski definition) is 1. The molecular formula is C15H22N2O2S. The molecule has 2 rings (SSSR count). The normalized spacial score (nSPS) is 16.1. The minimum absolute atomic E-state index is 0.189. The van der Waals surface area contributed by atoms with E-state index < -0.39 is 0 Å². The van der Waals surface area contributed by atoms with Crippen molar-refractivity contribution >= 4 is 23.1 Å². The molecule has 0 heterocycles. The standard InChI is InChI=1S/C15H22N2O2S/c1-2-16-15-12(7-6-10-14(15)17(18)19)11-20-13-8-4-3-5-9-13/h6-7,10,13,16H,2-5,8-9,11H2,1H3. The van der Waals surface area contributed by atoms with E-state index in [1.165, 1.54) is 32.1 Å². The number of nitro groups is 1. The van der Waals surface area contributed by atoms with Gasteiger partial charge in [-0.05, 0) is 25.3 Å². The largest absolute Gasteiger partial charge is 0.380 e. The van der Waals surface area contributed by atoms with E-state index in [4.69, 9.17) is 0 Å². The number of para-hydroxylation sites is 1. The molecule has 0 atom stereocenters. The lowest BCUT2D eigenvalue weighted by Gasteiger charge is -2.21. The van der Waals surface area contributed by atoms with Gasteiger partial charge in [0.15, 0.2) is 0 Å². The first-order valence-corrected chi connectivity index (χ1v) is 8.39. The summed E-state index contributed by atoms with van der Waals surface area (Å²) in [6, 6.07) is 5.36. The van der Waals surface area contributed by atoms with E-state index in [9.17, 15) is 10.1 Å². The van der Waals surface area contributed by atoms with Crippen LogP contribution in [0, 0.1) is 10.1 Å². The third-order valence-electron chi connectivity index (χ3n) is 3.71. The zero-order chi connectivity index (χ0) is 14.4. The van der Waals surface area contributed by atoms with Gasteiger partial charge in [-0.3, -0.25) is 10.1 Å². The zero-order valence-corrected chi connectivity index (χ0v) is 12.7. The van der Waals surface area contributed by atoms with Gasteiger partial charge in [-0.1, -0.05) is 31.4 Å². The van der Waals surface area contributed by atoms with Crippen LogP contribution >= 0.6 is 11.8 Å². The molecule has 20 heavy (non-hydrogen) atoms. The van der Waals surface area contributed by atoms with Crippen molar-refractivity contribution in [2.24, 2.45) is 0 Å². The van der Waals surface area contributed by atoms with Crippen molar-refractivity contribution in [1.29, 1.82) is 0 Å². The van der Waals surface area contributed by atoms with Gasteiger partial charge in [0.25, 0.3) is 5.69 Å². The van der Waals surface area contributed by atoms with Gasteiger partial charge in [-0.2, -0.15) is 11.8 Å². The van der Waals surface area contributed by atoms with Crippen LogP contribution in [0.5, 0.6) is 0 Å². The van der Waals surface area contributed by atoms with Gasteiger partial charge in [0.05, 0.1) is 4.92 Å². The Balaban J connectivity index is 2.09. The van der Waals surface area contributed by atoms with Crippen molar-refractivity contribution in [2.75, 3.05) is 11.9 Å². The van der Waals surface area contributed by atoms with Gasteiger partial charge in [0.2, 0.25) is 0 Å². The summed E-state index contributed by atoms with van der Waals surface area (Å²) in [5.41, 5.74) is 1.94. The lowest BCUT2D eigenvalue weighted by atomic mass is 10.0. The fraction of sp³-hybridized carbons (Fsp3) is 0.600. The second-order valence-electron chi connectivity index (χ2n) is 5.17. The molecule has 0 amide bonds. The average Bonchev–Trinajstić information content (AvgIpc) is 2.47. The Morgan fingerprint density at radius 3 is 2.75 bits per heavy atom. The van der Waals surface area contributed by atoms with Crippen molar-refractivity contribution in [3.63, 3.8) is 0 Å². The van der Waals surface area contributed by atoms with E-state index >= 15 is 0 Å². The highest BCUT2D eigenvalue weighted by molar-refractivity contribution is 7.99. The quantitative estimate of drug-likeness (QED) is 0.615. The summed E-state index contributed by atoms with van der Waals surface area (Å²) in [4.78, 5) is 10.8. The molecule has 0 aliphatic heterocycles. The summed E-state index contributed by atoms with van der Waals surface area (Å²) in [5, 5.41) is 15.0. The molecule has 110 valence electrons. The van der Waals surface area contributed by atoms with Crippen molar-refractivity contribution in [3.05, 3.63) is 33.9 Å². The summed E-state index contributed by atoms with van der Waals surface area (Å²) in [7, 11) is 0. The predicted molar refractivity (Wildman–Crippen MR) is 85.4 cm³/mol. The molecular weight excluding hydrogens is 272 g/mol. The number of hydrogen-bond acceptors (Lipinski definition) is 4. The first kappa shape index (κ1) is 15.2. The van der Waals surface area contributed by atoms with Gasteiger partial charge in [0.1, 0.15) is 5.69 Å². The van der Waals surface area contributed by atoms with Crippen LogP contribution in [0.1, 0.15) is 44.6 Å². The molecule has 1 fully saturated rings. The molecule has 0 radical (unpaired) electrons. The summed E-state index contributed by atoms with van der Waals surface area (Å²) >= 11 is 1.95. The van der Waals surface area contributed by atoms with Crippen LogP contribution in [0.4, 0.5) is 11.4 Å². The fourth-order valence-corrected chi connectivity index (χ4v) is 4.00. The van der Waals surface area contributed by atoms with Crippen molar-refractivity contribution in [1.82, 2.24) is 0 Å². The van der Waals surface area contributed by atoms with Gasteiger partial charge >= 0.3 is 0 Å². The molecule has 1 aliphatic carbocycles. The molecule has 0 saturated heterocycles. The van der Waals surface area contributed by atoms with Crippen LogP contribution < -0.4 is 5.32 Å². The van der Waals surface area contributed by atoms with Crippen molar-refractivity contribution < 1.29 is 4.92 Å². The summed E-state index contributed by atoms with van der Waals surface area (Å²) in [6.07, 6.45) is 6.59. The van der Waals surface area contributed by atoms with Crippen LogP contribution in [0.3, 0.4) is 0 Å². The molecule has 0 bridgehead atoms.